The van der Waals surface area contributed by atoms with Crippen molar-refractivity contribution in [2.24, 2.45) is 0 Å². The zero-order chi connectivity index (χ0) is 15.5. The molecule has 21 heavy (non-hydrogen) atoms. The van der Waals surface area contributed by atoms with E-state index < -0.39 is 17.7 Å². The lowest BCUT2D eigenvalue weighted by Gasteiger charge is -2.14. The molecular formula is C13H10F3N3O2. The molecule has 0 aliphatic carbocycles. The van der Waals surface area contributed by atoms with Crippen LogP contribution in [0, 0.1) is 0 Å². The fraction of sp³-hybridized carbons (Fsp3) is 0.154. The van der Waals surface area contributed by atoms with Crippen molar-refractivity contribution < 1.29 is 23.1 Å². The van der Waals surface area contributed by atoms with Crippen LogP contribution in [0.1, 0.15) is 21.6 Å². The maximum Gasteiger partial charge on any atom is 0.418 e. The number of carbonyl (C=O) groups is 1. The van der Waals surface area contributed by atoms with Gasteiger partial charge in [-0.25, -0.2) is 14.8 Å². The Labute approximate surface area is 117 Å². The topological polar surface area (TPSA) is 75.1 Å². The Morgan fingerprint density at radius 2 is 2.00 bits per heavy atom. The molecule has 0 saturated heterocycles. The first kappa shape index (κ1) is 14.8. The molecule has 0 saturated carbocycles. The van der Waals surface area contributed by atoms with Gasteiger partial charge in [0.1, 0.15) is 11.9 Å². The minimum Gasteiger partial charge on any atom is -0.478 e. The molecule has 0 aliphatic rings. The lowest BCUT2D eigenvalue weighted by molar-refractivity contribution is -0.137. The normalized spacial score (nSPS) is 11.2. The van der Waals surface area contributed by atoms with Gasteiger partial charge in [-0.05, 0) is 12.1 Å². The monoisotopic (exact) mass is 297 g/mol. The van der Waals surface area contributed by atoms with Crippen molar-refractivity contribution in [1.29, 1.82) is 0 Å². The van der Waals surface area contributed by atoms with Gasteiger partial charge in [0.2, 0.25) is 0 Å². The summed E-state index contributed by atoms with van der Waals surface area (Å²) in [5.74, 6) is -1.24. The molecule has 1 heterocycles. The summed E-state index contributed by atoms with van der Waals surface area (Å²) >= 11 is 0. The largest absolute Gasteiger partial charge is 0.478 e. The number of carboxylic acid groups (broad SMARTS) is 1. The minimum atomic E-state index is -4.50. The Bertz CT molecular complexity index is 659. The maximum absolute atomic E-state index is 12.8. The van der Waals surface area contributed by atoms with Crippen LogP contribution in [-0.4, -0.2) is 21.0 Å². The summed E-state index contributed by atoms with van der Waals surface area (Å²) in [4.78, 5) is 18.3. The van der Waals surface area contributed by atoms with E-state index in [1.807, 2.05) is 0 Å². The molecule has 2 N–H and O–H groups in total. The van der Waals surface area contributed by atoms with Gasteiger partial charge >= 0.3 is 12.1 Å². The number of aromatic nitrogens is 2. The van der Waals surface area contributed by atoms with Crippen LogP contribution in [0.25, 0.3) is 0 Å². The SMILES string of the molecule is O=C(O)c1cncnc1CNc1ccccc1C(F)(F)F. The second-order valence-electron chi connectivity index (χ2n) is 4.09. The van der Waals surface area contributed by atoms with Crippen molar-refractivity contribution in [2.45, 2.75) is 12.7 Å². The number of hydrogen-bond donors (Lipinski definition) is 2. The fourth-order valence-corrected chi connectivity index (χ4v) is 1.74. The van der Waals surface area contributed by atoms with Gasteiger partial charge in [-0.15, -0.1) is 0 Å². The summed E-state index contributed by atoms with van der Waals surface area (Å²) in [6, 6.07) is 4.95. The molecule has 0 radical (unpaired) electrons. The standard InChI is InChI=1S/C13H10F3N3O2/c14-13(15,16)9-3-1-2-4-10(9)18-6-11-8(12(20)21)5-17-7-19-11/h1-5,7,18H,6H2,(H,20,21). The van der Waals surface area contributed by atoms with Crippen LogP contribution in [0.2, 0.25) is 0 Å². The highest BCUT2D eigenvalue weighted by atomic mass is 19.4. The number of rotatable bonds is 4. The molecule has 0 bridgehead atoms. The lowest BCUT2D eigenvalue weighted by Crippen LogP contribution is -2.13. The number of hydrogen-bond acceptors (Lipinski definition) is 4. The van der Waals surface area contributed by atoms with E-state index in [-0.39, 0.29) is 23.5 Å². The van der Waals surface area contributed by atoms with E-state index in [4.69, 9.17) is 5.11 Å². The molecular weight excluding hydrogens is 287 g/mol. The fourth-order valence-electron chi connectivity index (χ4n) is 1.74. The number of aromatic carboxylic acids is 1. The molecule has 0 atom stereocenters. The highest BCUT2D eigenvalue weighted by molar-refractivity contribution is 5.88. The summed E-state index contributed by atoms with van der Waals surface area (Å²) in [6.45, 7) is -0.156. The zero-order valence-corrected chi connectivity index (χ0v) is 10.6. The predicted octanol–water partition coefficient (Wildman–Crippen LogP) is 2.81. The molecule has 5 nitrogen and oxygen atoms in total. The number of halogens is 3. The molecule has 0 unspecified atom stereocenters. The number of para-hydroxylation sites is 1. The Morgan fingerprint density at radius 3 is 2.67 bits per heavy atom. The third-order valence-corrected chi connectivity index (χ3v) is 2.70. The molecule has 0 spiro atoms. The molecule has 110 valence electrons. The van der Waals surface area contributed by atoms with Gasteiger partial charge in [-0.2, -0.15) is 13.2 Å². The number of benzene rings is 1. The van der Waals surface area contributed by atoms with E-state index >= 15 is 0 Å². The Hall–Kier alpha value is -2.64. The van der Waals surface area contributed by atoms with Crippen molar-refractivity contribution in [2.75, 3.05) is 5.32 Å². The minimum absolute atomic E-state index is 0.106. The van der Waals surface area contributed by atoms with Crippen molar-refractivity contribution in [3.8, 4) is 0 Å². The highest BCUT2D eigenvalue weighted by Gasteiger charge is 2.33. The van der Waals surface area contributed by atoms with Crippen LogP contribution in [-0.2, 0) is 12.7 Å². The molecule has 1 aromatic heterocycles. The van der Waals surface area contributed by atoms with Crippen LogP contribution in [0.15, 0.2) is 36.8 Å². The third-order valence-electron chi connectivity index (χ3n) is 2.70. The smallest absolute Gasteiger partial charge is 0.418 e. The van der Waals surface area contributed by atoms with Gasteiger partial charge in [-0.3, -0.25) is 0 Å². The van der Waals surface area contributed by atoms with Crippen molar-refractivity contribution in [3.63, 3.8) is 0 Å². The second-order valence-corrected chi connectivity index (χ2v) is 4.09. The van der Waals surface area contributed by atoms with Crippen molar-refractivity contribution >= 4 is 11.7 Å². The summed E-state index contributed by atoms with van der Waals surface area (Å²) in [7, 11) is 0. The van der Waals surface area contributed by atoms with Crippen LogP contribution < -0.4 is 5.32 Å². The molecule has 8 heteroatoms. The maximum atomic E-state index is 12.8. The number of carboxylic acids is 1. The average Bonchev–Trinajstić information content (AvgIpc) is 2.44. The van der Waals surface area contributed by atoms with E-state index in [1.165, 1.54) is 18.2 Å². The van der Waals surface area contributed by atoms with E-state index in [0.717, 1.165) is 18.6 Å². The first-order valence-corrected chi connectivity index (χ1v) is 5.82. The van der Waals surface area contributed by atoms with Gasteiger partial charge in [0.25, 0.3) is 0 Å². The highest BCUT2D eigenvalue weighted by Crippen LogP contribution is 2.34. The zero-order valence-electron chi connectivity index (χ0n) is 10.6. The van der Waals surface area contributed by atoms with Gasteiger partial charge < -0.3 is 10.4 Å². The summed E-state index contributed by atoms with van der Waals surface area (Å²) < 4.78 is 38.5. The third kappa shape index (κ3) is 3.47. The first-order valence-electron chi connectivity index (χ1n) is 5.82. The average molecular weight is 297 g/mol. The van der Waals surface area contributed by atoms with E-state index in [9.17, 15) is 18.0 Å². The Morgan fingerprint density at radius 1 is 1.29 bits per heavy atom. The van der Waals surface area contributed by atoms with Crippen LogP contribution in [0.3, 0.4) is 0 Å². The molecule has 0 fully saturated rings. The van der Waals surface area contributed by atoms with Crippen LogP contribution in [0.4, 0.5) is 18.9 Å². The molecule has 2 rings (SSSR count). The Balaban J connectivity index is 2.24. The van der Waals surface area contributed by atoms with E-state index in [2.05, 4.69) is 15.3 Å². The van der Waals surface area contributed by atoms with Gasteiger partial charge in [0, 0.05) is 11.9 Å². The molecule has 1 aromatic carbocycles. The summed E-state index contributed by atoms with van der Waals surface area (Å²) in [5, 5.41) is 11.5. The van der Waals surface area contributed by atoms with Crippen molar-refractivity contribution in [3.05, 3.63) is 53.6 Å². The predicted molar refractivity (Wildman–Crippen MR) is 67.8 cm³/mol. The van der Waals surface area contributed by atoms with E-state index in [1.54, 1.807) is 0 Å². The number of alkyl halides is 3. The van der Waals surface area contributed by atoms with Crippen LogP contribution in [0.5, 0.6) is 0 Å². The first-order chi connectivity index (χ1) is 9.89. The van der Waals surface area contributed by atoms with Crippen molar-refractivity contribution in [1.82, 2.24) is 9.97 Å². The molecule has 2 aromatic rings. The van der Waals surface area contributed by atoms with Gasteiger partial charge in [-0.1, -0.05) is 12.1 Å². The second kappa shape index (κ2) is 5.78. The van der Waals surface area contributed by atoms with Gasteiger partial charge in [0.15, 0.2) is 0 Å². The summed E-state index contributed by atoms with van der Waals surface area (Å²) in [5.41, 5.74) is -1.01. The number of nitrogens with zero attached hydrogens (tertiary/aromatic N) is 2. The summed E-state index contributed by atoms with van der Waals surface area (Å²) in [6.07, 6.45) is -2.26. The lowest BCUT2D eigenvalue weighted by atomic mass is 10.1. The van der Waals surface area contributed by atoms with Crippen LogP contribution >= 0.6 is 0 Å². The van der Waals surface area contributed by atoms with Gasteiger partial charge in [0.05, 0.1) is 17.8 Å². The molecule has 0 aliphatic heterocycles. The number of nitrogens with one attached hydrogen (secondary N) is 1. The van der Waals surface area contributed by atoms with E-state index in [0.29, 0.717) is 0 Å². The number of anilines is 1. The molecule has 0 amide bonds. The quantitative estimate of drug-likeness (QED) is 0.907. The Kier molecular flexibility index (Phi) is 4.06.